The summed E-state index contributed by atoms with van der Waals surface area (Å²) in [6, 6.07) is 11.8. The number of hydrogen-bond donors (Lipinski definition) is 0. The maximum atomic E-state index is 12.7. The van der Waals surface area contributed by atoms with Gasteiger partial charge in [-0.2, -0.15) is 0 Å². The van der Waals surface area contributed by atoms with Gasteiger partial charge >= 0.3 is 0 Å². The minimum Gasteiger partial charge on any atom is -0.463 e. The molecule has 0 unspecified atom stereocenters. The number of para-hydroxylation sites is 1. The number of carbonyl (C=O) groups is 2. The van der Waals surface area contributed by atoms with Crippen LogP contribution in [0.1, 0.15) is 11.1 Å². The van der Waals surface area contributed by atoms with E-state index in [0.717, 1.165) is 16.7 Å². The van der Waals surface area contributed by atoms with E-state index in [1.165, 1.54) is 12.3 Å². The van der Waals surface area contributed by atoms with Gasteiger partial charge in [-0.25, -0.2) is 0 Å². The Balaban J connectivity index is 1.68. The maximum Gasteiger partial charge on any atom is 0.293 e. The summed E-state index contributed by atoms with van der Waals surface area (Å²) in [5.41, 5.74) is 0.855. The number of halogens is 2. The lowest BCUT2D eigenvalue weighted by Gasteiger charge is -2.14. The summed E-state index contributed by atoms with van der Waals surface area (Å²) in [4.78, 5) is 38.9. The van der Waals surface area contributed by atoms with Crippen molar-refractivity contribution in [2.75, 3.05) is 0 Å². The van der Waals surface area contributed by atoms with Crippen LogP contribution in [0.2, 0.25) is 10.0 Å². The summed E-state index contributed by atoms with van der Waals surface area (Å²) < 4.78 is 5.45. The van der Waals surface area contributed by atoms with Gasteiger partial charge in [0.25, 0.3) is 11.1 Å². The fourth-order valence-corrected chi connectivity index (χ4v) is 4.16. The molecule has 0 bridgehead atoms. The predicted molar refractivity (Wildman–Crippen MR) is 110 cm³/mol. The van der Waals surface area contributed by atoms with E-state index in [1.807, 2.05) is 0 Å². The number of carbonyl (C=O) groups excluding carboxylic acids is 2. The van der Waals surface area contributed by atoms with Crippen molar-refractivity contribution < 1.29 is 14.0 Å². The van der Waals surface area contributed by atoms with E-state index in [-0.39, 0.29) is 22.4 Å². The SMILES string of the molecule is O=C1S/C(=C\c2coc3ccccc3c2=O)C(=O)N1Cc1c(Cl)cccc1Cl. The molecule has 4 rings (SSSR count). The molecule has 0 N–H and O–H groups in total. The van der Waals surface area contributed by atoms with Crippen LogP contribution in [0.15, 0.2) is 62.8 Å². The molecule has 1 aliphatic heterocycles. The number of hydrogen-bond acceptors (Lipinski definition) is 5. The zero-order valence-corrected chi connectivity index (χ0v) is 16.5. The molecule has 2 heterocycles. The first kappa shape index (κ1) is 18.8. The summed E-state index contributed by atoms with van der Waals surface area (Å²) in [6.45, 7) is -0.0488. The Morgan fingerprint density at radius 2 is 1.71 bits per heavy atom. The summed E-state index contributed by atoms with van der Waals surface area (Å²) in [5.74, 6) is -0.515. The third kappa shape index (κ3) is 3.35. The first-order chi connectivity index (χ1) is 13.5. The van der Waals surface area contributed by atoms with Crippen LogP contribution >= 0.6 is 35.0 Å². The molecule has 1 saturated heterocycles. The molecule has 140 valence electrons. The lowest BCUT2D eigenvalue weighted by Crippen LogP contribution is -2.27. The quantitative estimate of drug-likeness (QED) is 0.523. The topological polar surface area (TPSA) is 67.6 Å². The highest BCUT2D eigenvalue weighted by molar-refractivity contribution is 8.18. The normalized spacial score (nSPS) is 15.8. The number of amides is 2. The van der Waals surface area contributed by atoms with Crippen LogP contribution in [0.3, 0.4) is 0 Å². The molecule has 0 saturated carbocycles. The van der Waals surface area contributed by atoms with Gasteiger partial charge in [-0.05, 0) is 42.1 Å². The minimum absolute atomic E-state index is 0.0488. The highest BCUT2D eigenvalue weighted by Crippen LogP contribution is 2.35. The van der Waals surface area contributed by atoms with Gasteiger partial charge < -0.3 is 4.42 Å². The van der Waals surface area contributed by atoms with Crippen LogP contribution < -0.4 is 5.43 Å². The Hall–Kier alpha value is -2.54. The van der Waals surface area contributed by atoms with Crippen LogP contribution in [0.5, 0.6) is 0 Å². The second-order valence-electron chi connectivity index (χ2n) is 5.98. The van der Waals surface area contributed by atoms with E-state index in [9.17, 15) is 14.4 Å². The molecule has 5 nitrogen and oxygen atoms in total. The van der Waals surface area contributed by atoms with E-state index < -0.39 is 11.1 Å². The zero-order chi connectivity index (χ0) is 19.8. The van der Waals surface area contributed by atoms with Crippen LogP contribution in [-0.4, -0.2) is 16.0 Å². The first-order valence-corrected chi connectivity index (χ1v) is 9.72. The van der Waals surface area contributed by atoms with Crippen molar-refractivity contribution in [1.82, 2.24) is 4.90 Å². The third-order valence-electron chi connectivity index (χ3n) is 4.24. The standard InChI is InChI=1S/C20H11Cl2NO4S/c21-14-5-3-6-15(22)13(14)9-23-19(25)17(28-20(23)26)8-11-10-27-16-7-2-1-4-12(16)18(11)24/h1-8,10H,9H2/b17-8-. The van der Waals surface area contributed by atoms with Gasteiger partial charge in [0.15, 0.2) is 5.43 Å². The summed E-state index contributed by atoms with van der Waals surface area (Å²) in [7, 11) is 0. The van der Waals surface area contributed by atoms with Crippen molar-refractivity contribution in [1.29, 1.82) is 0 Å². The van der Waals surface area contributed by atoms with Crippen LogP contribution in [0.25, 0.3) is 17.0 Å². The molecular weight excluding hydrogens is 421 g/mol. The average molecular weight is 432 g/mol. The molecule has 0 spiro atoms. The molecule has 28 heavy (non-hydrogen) atoms. The zero-order valence-electron chi connectivity index (χ0n) is 14.1. The predicted octanol–water partition coefficient (Wildman–Crippen LogP) is 5.34. The van der Waals surface area contributed by atoms with E-state index in [2.05, 4.69) is 0 Å². The fourth-order valence-electron chi connectivity index (χ4n) is 2.81. The molecule has 0 aliphatic carbocycles. The largest absolute Gasteiger partial charge is 0.463 e. The Kier molecular flexibility index (Phi) is 5.02. The first-order valence-electron chi connectivity index (χ1n) is 8.14. The number of thioether (sulfide) groups is 1. The van der Waals surface area contributed by atoms with E-state index in [1.54, 1.807) is 42.5 Å². The number of rotatable bonds is 3. The van der Waals surface area contributed by atoms with Gasteiger partial charge in [0.2, 0.25) is 0 Å². The van der Waals surface area contributed by atoms with Crippen molar-refractivity contribution in [2.24, 2.45) is 0 Å². The van der Waals surface area contributed by atoms with Crippen molar-refractivity contribution in [3.8, 4) is 0 Å². The number of nitrogens with zero attached hydrogens (tertiary/aromatic N) is 1. The van der Waals surface area contributed by atoms with E-state index in [0.29, 0.717) is 26.6 Å². The monoisotopic (exact) mass is 431 g/mol. The van der Waals surface area contributed by atoms with Gasteiger partial charge in [-0.1, -0.05) is 41.4 Å². The average Bonchev–Trinajstić information content (AvgIpc) is 2.94. The van der Waals surface area contributed by atoms with Gasteiger partial charge in [-0.15, -0.1) is 0 Å². The summed E-state index contributed by atoms with van der Waals surface area (Å²) in [6.07, 6.45) is 2.65. The Morgan fingerprint density at radius 3 is 2.46 bits per heavy atom. The van der Waals surface area contributed by atoms with Crippen LogP contribution in [0, 0.1) is 0 Å². The number of fused-ring (bicyclic) bond motifs is 1. The van der Waals surface area contributed by atoms with Gasteiger partial charge in [0.1, 0.15) is 11.8 Å². The van der Waals surface area contributed by atoms with Crippen molar-refractivity contribution in [2.45, 2.75) is 6.54 Å². The number of benzene rings is 2. The molecule has 0 atom stereocenters. The van der Waals surface area contributed by atoms with E-state index >= 15 is 0 Å². The lowest BCUT2D eigenvalue weighted by molar-refractivity contribution is -0.123. The smallest absolute Gasteiger partial charge is 0.293 e. The lowest BCUT2D eigenvalue weighted by atomic mass is 10.1. The molecule has 1 aromatic heterocycles. The second-order valence-corrected chi connectivity index (χ2v) is 7.79. The minimum atomic E-state index is -0.515. The van der Waals surface area contributed by atoms with Crippen molar-refractivity contribution >= 4 is 63.2 Å². The molecule has 3 aromatic rings. The highest BCUT2D eigenvalue weighted by atomic mass is 35.5. The van der Waals surface area contributed by atoms with Crippen molar-refractivity contribution in [3.05, 3.63) is 85.0 Å². The molecule has 8 heteroatoms. The third-order valence-corrected chi connectivity index (χ3v) is 5.86. The molecule has 1 aliphatic rings. The molecule has 2 aromatic carbocycles. The Morgan fingerprint density at radius 1 is 1.00 bits per heavy atom. The fraction of sp³-hybridized carbons (Fsp3) is 0.0500. The highest BCUT2D eigenvalue weighted by Gasteiger charge is 2.36. The molecule has 2 amide bonds. The van der Waals surface area contributed by atoms with Crippen LogP contribution in [0.4, 0.5) is 4.79 Å². The number of imide groups is 1. The van der Waals surface area contributed by atoms with E-state index in [4.69, 9.17) is 27.6 Å². The van der Waals surface area contributed by atoms with Gasteiger partial charge in [-0.3, -0.25) is 19.3 Å². The van der Waals surface area contributed by atoms with Gasteiger partial charge in [0, 0.05) is 15.6 Å². The summed E-state index contributed by atoms with van der Waals surface area (Å²) >= 11 is 13.0. The Bertz CT molecular complexity index is 1200. The second kappa shape index (κ2) is 7.47. The Labute approximate surface area is 173 Å². The molecule has 0 radical (unpaired) electrons. The maximum absolute atomic E-state index is 12.7. The molecular formula is C20H11Cl2NO4S. The molecule has 1 fully saturated rings. The van der Waals surface area contributed by atoms with Crippen molar-refractivity contribution in [3.63, 3.8) is 0 Å². The van der Waals surface area contributed by atoms with Crippen LogP contribution in [-0.2, 0) is 11.3 Å². The summed E-state index contributed by atoms with van der Waals surface area (Å²) in [5, 5.41) is 0.673. The van der Waals surface area contributed by atoms with Gasteiger partial charge in [0.05, 0.1) is 22.4 Å².